The molecule has 4 nitrogen and oxygen atoms in total. The van der Waals surface area contributed by atoms with Crippen molar-refractivity contribution in [1.82, 2.24) is 0 Å². The molecule has 4 heteroatoms. The standard InChI is InChI=1S/C24H44O4/c1-5-7-9-12-16-21(15-8-6-2)18-22(20(4)24(27)28)17-13-10-11-14-19(3)23(25)26/h19,21H,5-18H2,1-4H3,(H,25,26)(H,27,28). The molecule has 0 fully saturated rings. The van der Waals surface area contributed by atoms with Crippen LogP contribution in [-0.2, 0) is 9.59 Å². The molecule has 0 aliphatic rings. The van der Waals surface area contributed by atoms with Crippen LogP contribution in [0.3, 0.4) is 0 Å². The molecule has 0 saturated carbocycles. The van der Waals surface area contributed by atoms with E-state index in [1.165, 1.54) is 51.4 Å². The van der Waals surface area contributed by atoms with E-state index in [9.17, 15) is 14.7 Å². The van der Waals surface area contributed by atoms with E-state index in [1.807, 2.05) is 0 Å². The fourth-order valence-corrected chi connectivity index (χ4v) is 3.73. The second kappa shape index (κ2) is 16.6. The third kappa shape index (κ3) is 13.0. The van der Waals surface area contributed by atoms with Crippen molar-refractivity contribution in [2.24, 2.45) is 11.8 Å². The molecule has 0 spiro atoms. The number of hydrogen-bond acceptors (Lipinski definition) is 2. The summed E-state index contributed by atoms with van der Waals surface area (Å²) in [6.07, 6.45) is 15.1. The number of hydrogen-bond donors (Lipinski definition) is 2. The number of allylic oxidation sites excluding steroid dienone is 1. The first-order valence-corrected chi connectivity index (χ1v) is 11.5. The third-order valence-electron chi connectivity index (χ3n) is 5.86. The minimum absolute atomic E-state index is 0.294. The van der Waals surface area contributed by atoms with Crippen LogP contribution in [0.4, 0.5) is 0 Å². The predicted octanol–water partition coefficient (Wildman–Crippen LogP) is 7.23. The van der Waals surface area contributed by atoms with E-state index in [4.69, 9.17) is 5.11 Å². The summed E-state index contributed by atoms with van der Waals surface area (Å²) in [6.45, 7) is 7.94. The van der Waals surface area contributed by atoms with Gasteiger partial charge in [-0.15, -0.1) is 0 Å². The lowest BCUT2D eigenvalue weighted by Gasteiger charge is -2.20. The Morgan fingerprint density at radius 2 is 1.36 bits per heavy atom. The minimum atomic E-state index is -0.797. The first-order chi connectivity index (χ1) is 13.3. The van der Waals surface area contributed by atoms with Gasteiger partial charge in [0.05, 0.1) is 5.92 Å². The molecule has 0 radical (unpaired) electrons. The van der Waals surface area contributed by atoms with Crippen molar-refractivity contribution in [3.05, 3.63) is 11.1 Å². The van der Waals surface area contributed by atoms with Crippen molar-refractivity contribution in [3.63, 3.8) is 0 Å². The van der Waals surface area contributed by atoms with Gasteiger partial charge >= 0.3 is 11.9 Å². The molecule has 0 heterocycles. The van der Waals surface area contributed by atoms with E-state index in [0.29, 0.717) is 17.9 Å². The molecular formula is C24H44O4. The Morgan fingerprint density at radius 1 is 0.786 bits per heavy atom. The fourth-order valence-electron chi connectivity index (χ4n) is 3.73. The van der Waals surface area contributed by atoms with Gasteiger partial charge in [0.15, 0.2) is 0 Å². The quantitative estimate of drug-likeness (QED) is 0.189. The van der Waals surface area contributed by atoms with Crippen LogP contribution in [0.5, 0.6) is 0 Å². The highest BCUT2D eigenvalue weighted by molar-refractivity contribution is 5.86. The molecule has 0 amide bonds. The second-order valence-electron chi connectivity index (χ2n) is 8.43. The number of rotatable bonds is 18. The Bertz CT molecular complexity index is 467. The molecule has 0 aliphatic carbocycles. The monoisotopic (exact) mass is 396 g/mol. The smallest absolute Gasteiger partial charge is 0.331 e. The van der Waals surface area contributed by atoms with Crippen LogP contribution < -0.4 is 0 Å². The molecule has 28 heavy (non-hydrogen) atoms. The van der Waals surface area contributed by atoms with Crippen molar-refractivity contribution in [3.8, 4) is 0 Å². The van der Waals surface area contributed by atoms with Crippen LogP contribution in [0, 0.1) is 11.8 Å². The zero-order valence-electron chi connectivity index (χ0n) is 18.8. The number of aliphatic carboxylic acids is 2. The van der Waals surface area contributed by atoms with Gasteiger partial charge in [0.2, 0.25) is 0 Å². The molecule has 0 rings (SSSR count). The maximum Gasteiger partial charge on any atom is 0.331 e. The van der Waals surface area contributed by atoms with Gasteiger partial charge in [-0.3, -0.25) is 4.79 Å². The maximum absolute atomic E-state index is 11.6. The minimum Gasteiger partial charge on any atom is -0.481 e. The Hall–Kier alpha value is -1.32. The summed E-state index contributed by atoms with van der Waals surface area (Å²) in [6, 6.07) is 0. The molecule has 0 aliphatic heterocycles. The van der Waals surface area contributed by atoms with Crippen LogP contribution in [0.2, 0.25) is 0 Å². The van der Waals surface area contributed by atoms with Gasteiger partial charge in [-0.05, 0) is 38.5 Å². The summed E-state index contributed by atoms with van der Waals surface area (Å²) < 4.78 is 0. The molecule has 0 aromatic carbocycles. The third-order valence-corrected chi connectivity index (χ3v) is 5.86. The summed E-state index contributed by atoms with van der Waals surface area (Å²) in [7, 11) is 0. The summed E-state index contributed by atoms with van der Waals surface area (Å²) in [5, 5.41) is 18.5. The normalized spacial score (nSPS) is 14.4. The van der Waals surface area contributed by atoms with Gasteiger partial charge in [-0.1, -0.05) is 90.6 Å². The molecular weight excluding hydrogens is 352 g/mol. The Kier molecular flexibility index (Phi) is 15.8. The summed E-state index contributed by atoms with van der Waals surface area (Å²) >= 11 is 0. The lowest BCUT2D eigenvalue weighted by molar-refractivity contribution is -0.141. The van der Waals surface area contributed by atoms with Crippen LogP contribution in [0.1, 0.15) is 118 Å². The molecule has 0 aromatic heterocycles. The van der Waals surface area contributed by atoms with E-state index in [1.54, 1.807) is 13.8 Å². The maximum atomic E-state index is 11.6. The lowest BCUT2D eigenvalue weighted by atomic mass is 9.85. The Labute approximate surface area is 172 Å². The predicted molar refractivity (Wildman–Crippen MR) is 117 cm³/mol. The molecule has 0 aromatic rings. The SMILES string of the molecule is CCCCCCC(CCCC)CC(CCCCCC(C)C(=O)O)=C(C)C(=O)O. The Morgan fingerprint density at radius 3 is 1.93 bits per heavy atom. The average molecular weight is 397 g/mol. The van der Waals surface area contributed by atoms with Crippen molar-refractivity contribution in [1.29, 1.82) is 0 Å². The van der Waals surface area contributed by atoms with Crippen LogP contribution in [0.25, 0.3) is 0 Å². The van der Waals surface area contributed by atoms with E-state index in [0.717, 1.165) is 37.7 Å². The van der Waals surface area contributed by atoms with Gasteiger partial charge in [0.25, 0.3) is 0 Å². The molecule has 0 bridgehead atoms. The highest BCUT2D eigenvalue weighted by Gasteiger charge is 2.16. The summed E-state index contributed by atoms with van der Waals surface area (Å²) in [5.74, 6) is -1.23. The van der Waals surface area contributed by atoms with Crippen molar-refractivity contribution in [2.75, 3.05) is 0 Å². The zero-order valence-corrected chi connectivity index (χ0v) is 18.8. The van der Waals surface area contributed by atoms with Gasteiger partial charge in [0.1, 0.15) is 0 Å². The van der Waals surface area contributed by atoms with Gasteiger partial charge in [-0.2, -0.15) is 0 Å². The van der Waals surface area contributed by atoms with E-state index in [2.05, 4.69) is 13.8 Å². The number of carboxylic acid groups (broad SMARTS) is 2. The topological polar surface area (TPSA) is 74.6 Å². The fraction of sp³-hybridized carbons (Fsp3) is 0.833. The number of carboxylic acids is 2. The van der Waals surface area contributed by atoms with E-state index < -0.39 is 11.9 Å². The van der Waals surface area contributed by atoms with E-state index >= 15 is 0 Å². The van der Waals surface area contributed by atoms with Gasteiger partial charge < -0.3 is 10.2 Å². The second-order valence-corrected chi connectivity index (χ2v) is 8.43. The van der Waals surface area contributed by atoms with Crippen molar-refractivity contribution in [2.45, 2.75) is 118 Å². The summed E-state index contributed by atoms with van der Waals surface area (Å²) in [5.41, 5.74) is 1.63. The van der Waals surface area contributed by atoms with Crippen LogP contribution >= 0.6 is 0 Å². The molecule has 2 N–H and O–H groups in total. The highest BCUT2D eigenvalue weighted by atomic mass is 16.4. The van der Waals surface area contributed by atoms with Crippen molar-refractivity contribution >= 4 is 11.9 Å². The van der Waals surface area contributed by atoms with Crippen LogP contribution in [-0.4, -0.2) is 22.2 Å². The average Bonchev–Trinajstić information content (AvgIpc) is 2.66. The number of carbonyl (C=O) groups is 2. The first-order valence-electron chi connectivity index (χ1n) is 11.5. The van der Waals surface area contributed by atoms with E-state index in [-0.39, 0.29) is 5.92 Å². The molecule has 2 atom stereocenters. The number of unbranched alkanes of at least 4 members (excludes halogenated alkanes) is 6. The Balaban J connectivity index is 4.71. The zero-order chi connectivity index (χ0) is 21.4. The first kappa shape index (κ1) is 26.7. The van der Waals surface area contributed by atoms with Gasteiger partial charge in [0, 0.05) is 5.57 Å². The largest absolute Gasteiger partial charge is 0.481 e. The molecule has 0 saturated heterocycles. The van der Waals surface area contributed by atoms with Crippen molar-refractivity contribution < 1.29 is 19.8 Å². The highest BCUT2D eigenvalue weighted by Crippen LogP contribution is 2.29. The van der Waals surface area contributed by atoms with Crippen LogP contribution in [0.15, 0.2) is 11.1 Å². The molecule has 164 valence electrons. The van der Waals surface area contributed by atoms with Gasteiger partial charge in [-0.25, -0.2) is 4.79 Å². The lowest BCUT2D eigenvalue weighted by Crippen LogP contribution is -2.09. The summed E-state index contributed by atoms with van der Waals surface area (Å²) in [4.78, 5) is 22.5. The molecule has 2 unspecified atom stereocenters.